The molecular weight excluding hydrogens is 212 g/mol. The summed E-state index contributed by atoms with van der Waals surface area (Å²) in [6.45, 7) is 10.8. The van der Waals surface area contributed by atoms with Gasteiger partial charge in [0.1, 0.15) is 0 Å². The molecule has 2 atom stereocenters. The molecule has 4 heteroatoms. The van der Waals surface area contributed by atoms with E-state index in [1.807, 2.05) is 13.0 Å². The summed E-state index contributed by atoms with van der Waals surface area (Å²) < 4.78 is 2.14. The van der Waals surface area contributed by atoms with Crippen molar-refractivity contribution in [1.29, 1.82) is 0 Å². The summed E-state index contributed by atoms with van der Waals surface area (Å²) in [6, 6.07) is 0.248. The van der Waals surface area contributed by atoms with E-state index in [0.29, 0.717) is 5.92 Å². The maximum Gasteiger partial charge on any atom is 0.206 e. The Balaban J connectivity index is 2.18. The van der Waals surface area contributed by atoms with E-state index in [2.05, 4.69) is 34.2 Å². The second kappa shape index (κ2) is 4.92. The van der Waals surface area contributed by atoms with Gasteiger partial charge in [0, 0.05) is 31.9 Å². The van der Waals surface area contributed by atoms with Crippen molar-refractivity contribution in [1.82, 2.24) is 9.55 Å². The largest absolute Gasteiger partial charge is 0.341 e. The molecule has 1 saturated heterocycles. The standard InChI is InChI=1S/C13H22N4/c1-4-6-16-8-11(3)15-13(16)17-7-5-10(2)12(14)9-17/h4,8,10,12H,1,5-7,9,14H2,2-3H3. The topological polar surface area (TPSA) is 47.1 Å². The average Bonchev–Trinajstić information content (AvgIpc) is 2.64. The fourth-order valence-electron chi connectivity index (χ4n) is 2.34. The lowest BCUT2D eigenvalue weighted by Crippen LogP contribution is -2.48. The zero-order valence-electron chi connectivity index (χ0n) is 10.8. The molecule has 1 aromatic rings. The number of aryl methyl sites for hydroxylation is 1. The van der Waals surface area contributed by atoms with Gasteiger partial charge in [-0.1, -0.05) is 13.0 Å². The summed E-state index contributed by atoms with van der Waals surface area (Å²) in [7, 11) is 0. The molecule has 94 valence electrons. The first-order chi connectivity index (χ1) is 8.11. The first-order valence-corrected chi connectivity index (χ1v) is 6.27. The Morgan fingerprint density at radius 2 is 2.41 bits per heavy atom. The summed E-state index contributed by atoms with van der Waals surface area (Å²) in [4.78, 5) is 6.89. The Kier molecular flexibility index (Phi) is 3.52. The van der Waals surface area contributed by atoms with Gasteiger partial charge in [-0.3, -0.25) is 0 Å². The molecule has 0 aliphatic carbocycles. The third-order valence-electron chi connectivity index (χ3n) is 3.50. The van der Waals surface area contributed by atoms with Gasteiger partial charge in [-0.15, -0.1) is 6.58 Å². The highest BCUT2D eigenvalue weighted by Gasteiger charge is 2.25. The first kappa shape index (κ1) is 12.2. The minimum atomic E-state index is 0.248. The highest BCUT2D eigenvalue weighted by molar-refractivity contribution is 5.35. The van der Waals surface area contributed by atoms with Crippen molar-refractivity contribution in [2.45, 2.75) is 32.9 Å². The van der Waals surface area contributed by atoms with Gasteiger partial charge < -0.3 is 15.2 Å². The van der Waals surface area contributed by atoms with Crippen LogP contribution in [-0.4, -0.2) is 28.7 Å². The van der Waals surface area contributed by atoms with Crippen molar-refractivity contribution in [3.63, 3.8) is 0 Å². The molecule has 2 heterocycles. The van der Waals surface area contributed by atoms with Crippen LogP contribution in [0.3, 0.4) is 0 Å². The van der Waals surface area contributed by atoms with Crippen LogP contribution in [0.1, 0.15) is 19.0 Å². The minimum absolute atomic E-state index is 0.248. The fraction of sp³-hybridized carbons (Fsp3) is 0.615. The SMILES string of the molecule is C=CCn1cc(C)nc1N1CCC(C)C(N)C1. The van der Waals surface area contributed by atoms with Gasteiger partial charge in [-0.25, -0.2) is 4.98 Å². The summed E-state index contributed by atoms with van der Waals surface area (Å²) in [5, 5.41) is 0. The molecule has 0 aromatic carbocycles. The van der Waals surface area contributed by atoms with Crippen LogP contribution < -0.4 is 10.6 Å². The summed E-state index contributed by atoms with van der Waals surface area (Å²) in [5.74, 6) is 1.64. The molecule has 0 amide bonds. The third kappa shape index (κ3) is 2.52. The quantitative estimate of drug-likeness (QED) is 0.807. The molecule has 17 heavy (non-hydrogen) atoms. The zero-order valence-corrected chi connectivity index (χ0v) is 10.8. The zero-order chi connectivity index (χ0) is 12.4. The van der Waals surface area contributed by atoms with Crippen LogP contribution in [0.2, 0.25) is 0 Å². The number of nitrogens with zero attached hydrogens (tertiary/aromatic N) is 3. The lowest BCUT2D eigenvalue weighted by molar-refractivity contribution is 0.374. The Labute approximate surface area is 103 Å². The number of aromatic nitrogens is 2. The van der Waals surface area contributed by atoms with Crippen molar-refractivity contribution in [3.05, 3.63) is 24.5 Å². The first-order valence-electron chi connectivity index (χ1n) is 6.27. The smallest absolute Gasteiger partial charge is 0.206 e. The van der Waals surface area contributed by atoms with E-state index in [1.54, 1.807) is 0 Å². The number of nitrogens with two attached hydrogens (primary N) is 1. The molecule has 1 aliphatic heterocycles. The van der Waals surface area contributed by atoms with Crippen molar-refractivity contribution < 1.29 is 0 Å². The van der Waals surface area contributed by atoms with Gasteiger partial charge in [0.15, 0.2) is 0 Å². The lowest BCUT2D eigenvalue weighted by Gasteiger charge is -2.35. The predicted molar refractivity (Wildman–Crippen MR) is 71.1 cm³/mol. The Morgan fingerprint density at radius 1 is 1.65 bits per heavy atom. The van der Waals surface area contributed by atoms with E-state index < -0.39 is 0 Å². The molecule has 1 aromatic heterocycles. The van der Waals surface area contributed by atoms with Crippen LogP contribution in [0.5, 0.6) is 0 Å². The van der Waals surface area contributed by atoms with Crippen molar-refractivity contribution >= 4 is 5.95 Å². The van der Waals surface area contributed by atoms with Crippen molar-refractivity contribution in [2.24, 2.45) is 11.7 Å². The van der Waals surface area contributed by atoms with Gasteiger partial charge in [-0.2, -0.15) is 0 Å². The van der Waals surface area contributed by atoms with Gasteiger partial charge in [0.05, 0.1) is 5.69 Å². The van der Waals surface area contributed by atoms with E-state index >= 15 is 0 Å². The van der Waals surface area contributed by atoms with Gasteiger partial charge in [0.25, 0.3) is 0 Å². The van der Waals surface area contributed by atoms with Crippen molar-refractivity contribution in [3.8, 4) is 0 Å². The average molecular weight is 234 g/mol. The second-order valence-electron chi connectivity index (χ2n) is 5.00. The van der Waals surface area contributed by atoms with Gasteiger partial charge in [0.2, 0.25) is 5.95 Å². The molecule has 2 rings (SSSR count). The van der Waals surface area contributed by atoms with E-state index in [-0.39, 0.29) is 6.04 Å². The number of piperidine rings is 1. The Bertz CT molecular complexity index is 396. The summed E-state index contributed by atoms with van der Waals surface area (Å²) >= 11 is 0. The van der Waals surface area contributed by atoms with E-state index in [4.69, 9.17) is 5.73 Å². The van der Waals surface area contributed by atoms with Crippen LogP contribution in [-0.2, 0) is 6.54 Å². The monoisotopic (exact) mass is 234 g/mol. The van der Waals surface area contributed by atoms with E-state index in [0.717, 1.165) is 37.7 Å². The minimum Gasteiger partial charge on any atom is -0.341 e. The van der Waals surface area contributed by atoms with E-state index in [1.165, 1.54) is 0 Å². The predicted octanol–water partition coefficient (Wildman–Crippen LogP) is 1.55. The van der Waals surface area contributed by atoms with Gasteiger partial charge >= 0.3 is 0 Å². The number of hydrogen-bond donors (Lipinski definition) is 1. The Morgan fingerprint density at radius 3 is 3.06 bits per heavy atom. The highest BCUT2D eigenvalue weighted by Crippen LogP contribution is 2.22. The molecular formula is C13H22N4. The second-order valence-corrected chi connectivity index (χ2v) is 5.00. The number of anilines is 1. The molecule has 0 radical (unpaired) electrons. The summed E-state index contributed by atoms with van der Waals surface area (Å²) in [5.41, 5.74) is 7.19. The molecule has 2 unspecified atom stereocenters. The van der Waals surface area contributed by atoms with Crippen LogP contribution in [0.25, 0.3) is 0 Å². The molecule has 2 N–H and O–H groups in total. The van der Waals surface area contributed by atoms with Crippen LogP contribution in [0, 0.1) is 12.8 Å². The molecule has 0 bridgehead atoms. The maximum absolute atomic E-state index is 6.14. The normalized spacial score (nSPS) is 25.0. The molecule has 0 saturated carbocycles. The molecule has 0 spiro atoms. The lowest BCUT2D eigenvalue weighted by atomic mass is 9.94. The molecule has 1 aliphatic rings. The highest BCUT2D eigenvalue weighted by atomic mass is 15.3. The van der Waals surface area contributed by atoms with Crippen LogP contribution in [0.4, 0.5) is 5.95 Å². The van der Waals surface area contributed by atoms with Crippen LogP contribution >= 0.6 is 0 Å². The van der Waals surface area contributed by atoms with Crippen molar-refractivity contribution in [2.75, 3.05) is 18.0 Å². The van der Waals surface area contributed by atoms with E-state index in [9.17, 15) is 0 Å². The summed E-state index contributed by atoms with van der Waals surface area (Å²) in [6.07, 6.45) is 5.11. The molecule has 1 fully saturated rings. The maximum atomic E-state index is 6.14. The molecule has 4 nitrogen and oxygen atoms in total. The third-order valence-corrected chi connectivity index (χ3v) is 3.50. The Hall–Kier alpha value is -1.29. The number of imidazole rings is 1. The number of hydrogen-bond acceptors (Lipinski definition) is 3. The number of rotatable bonds is 3. The fourth-order valence-corrected chi connectivity index (χ4v) is 2.34. The van der Waals surface area contributed by atoms with Gasteiger partial charge in [-0.05, 0) is 19.3 Å². The number of allylic oxidation sites excluding steroid dienone is 1. The van der Waals surface area contributed by atoms with Crippen LogP contribution in [0.15, 0.2) is 18.9 Å².